The van der Waals surface area contributed by atoms with Crippen LogP contribution in [0, 0.1) is 0 Å². The minimum absolute atomic E-state index is 0.0400. The van der Waals surface area contributed by atoms with Crippen molar-refractivity contribution in [1.82, 2.24) is 4.90 Å². The smallest absolute Gasteiger partial charge is 0.416 e. The van der Waals surface area contributed by atoms with Crippen LogP contribution in [0.4, 0.5) is 23.7 Å². The lowest BCUT2D eigenvalue weighted by Gasteiger charge is -2.35. The van der Waals surface area contributed by atoms with Crippen molar-refractivity contribution in [1.29, 1.82) is 0 Å². The quantitative estimate of drug-likeness (QED) is 0.721. The molecule has 0 unspecified atom stereocenters. The van der Waals surface area contributed by atoms with Crippen LogP contribution in [-0.4, -0.2) is 51.4 Å². The molecule has 0 saturated carbocycles. The third kappa shape index (κ3) is 4.90. The number of hydrogen-bond donors (Lipinski definition) is 0. The molecule has 9 heteroatoms. The molecule has 1 amide bonds. The molecule has 0 aliphatic carbocycles. The third-order valence-corrected chi connectivity index (χ3v) is 4.93. The first-order valence-electron chi connectivity index (χ1n) is 9.37. The van der Waals surface area contributed by atoms with Gasteiger partial charge in [0.25, 0.3) is 0 Å². The molecule has 162 valence electrons. The van der Waals surface area contributed by atoms with Crippen molar-refractivity contribution in [3.05, 3.63) is 53.6 Å². The van der Waals surface area contributed by atoms with Gasteiger partial charge in [-0.05, 0) is 30.3 Å². The number of nitrogens with zero attached hydrogens (tertiary/aromatic N) is 2. The maximum Gasteiger partial charge on any atom is 0.416 e. The Labute approximate surface area is 172 Å². The molecule has 6 nitrogen and oxygen atoms in total. The molecule has 1 aliphatic rings. The molecule has 2 aromatic rings. The van der Waals surface area contributed by atoms with Crippen molar-refractivity contribution in [2.45, 2.75) is 12.8 Å². The van der Waals surface area contributed by atoms with Gasteiger partial charge in [-0.1, -0.05) is 12.1 Å². The highest BCUT2D eigenvalue weighted by Gasteiger charge is 2.30. The number of methoxy groups -OCH3 is 2. The van der Waals surface area contributed by atoms with Gasteiger partial charge in [0.1, 0.15) is 6.61 Å². The zero-order valence-electron chi connectivity index (χ0n) is 16.7. The number of carbonyl (C=O) groups is 1. The molecule has 0 spiro atoms. The lowest BCUT2D eigenvalue weighted by atomic mass is 10.1. The maximum absolute atomic E-state index is 12.7. The number of benzene rings is 2. The van der Waals surface area contributed by atoms with Gasteiger partial charge in [0, 0.05) is 37.4 Å². The molecule has 3 rings (SSSR count). The second-order valence-corrected chi connectivity index (χ2v) is 6.73. The van der Waals surface area contributed by atoms with Crippen LogP contribution in [0.2, 0.25) is 0 Å². The van der Waals surface area contributed by atoms with Crippen molar-refractivity contribution >= 4 is 11.8 Å². The summed E-state index contributed by atoms with van der Waals surface area (Å²) in [5.74, 6) is 1.07. The van der Waals surface area contributed by atoms with E-state index in [-0.39, 0.29) is 6.61 Å². The predicted molar refractivity (Wildman–Crippen MR) is 105 cm³/mol. The van der Waals surface area contributed by atoms with Gasteiger partial charge in [0.15, 0.2) is 11.5 Å². The van der Waals surface area contributed by atoms with E-state index in [9.17, 15) is 18.0 Å². The Balaban J connectivity index is 1.53. The highest BCUT2D eigenvalue weighted by Crippen LogP contribution is 2.32. The summed E-state index contributed by atoms with van der Waals surface area (Å²) in [5, 5.41) is 0. The molecule has 0 radical (unpaired) electrons. The largest absolute Gasteiger partial charge is 0.493 e. The minimum Gasteiger partial charge on any atom is -0.493 e. The van der Waals surface area contributed by atoms with E-state index in [0.717, 1.165) is 12.1 Å². The SMILES string of the molecule is COc1cccc(COC(=O)N2CCN(c3ccc(C(F)(F)F)cc3)CC2)c1OC. The standard InChI is InChI=1S/C21H23F3N2O4/c1-28-18-5-3-4-15(19(18)29-2)14-30-20(27)26-12-10-25(11-13-26)17-8-6-16(7-9-17)21(22,23)24/h3-9H,10-14H2,1-2H3. The van der Waals surface area contributed by atoms with Crippen molar-refractivity contribution in [2.75, 3.05) is 45.3 Å². The summed E-state index contributed by atoms with van der Waals surface area (Å²) in [6.07, 6.45) is -4.81. The summed E-state index contributed by atoms with van der Waals surface area (Å²) < 4.78 is 54.1. The Morgan fingerprint density at radius 2 is 1.63 bits per heavy atom. The molecule has 0 aromatic heterocycles. The third-order valence-electron chi connectivity index (χ3n) is 4.93. The number of anilines is 1. The van der Waals surface area contributed by atoms with Crippen LogP contribution in [0.15, 0.2) is 42.5 Å². The zero-order chi connectivity index (χ0) is 21.7. The molecule has 0 atom stereocenters. The number of piperazine rings is 1. The number of ether oxygens (including phenoxy) is 3. The number of hydrogen-bond acceptors (Lipinski definition) is 5. The Morgan fingerprint density at radius 1 is 0.967 bits per heavy atom. The Kier molecular flexibility index (Phi) is 6.59. The van der Waals surface area contributed by atoms with Gasteiger partial charge in [0.2, 0.25) is 0 Å². The molecule has 2 aromatic carbocycles. The lowest BCUT2D eigenvalue weighted by Crippen LogP contribution is -2.48. The van der Waals surface area contributed by atoms with Gasteiger partial charge < -0.3 is 24.0 Å². The van der Waals surface area contributed by atoms with E-state index >= 15 is 0 Å². The molecule has 1 aliphatic heterocycles. The van der Waals surface area contributed by atoms with Crippen LogP contribution < -0.4 is 14.4 Å². The average Bonchev–Trinajstić information content (AvgIpc) is 2.76. The topological polar surface area (TPSA) is 51.2 Å². The first-order chi connectivity index (χ1) is 14.3. The van der Waals surface area contributed by atoms with Gasteiger partial charge in [-0.25, -0.2) is 4.79 Å². The fourth-order valence-corrected chi connectivity index (χ4v) is 3.31. The number of halogens is 3. The lowest BCUT2D eigenvalue weighted by molar-refractivity contribution is -0.137. The van der Waals surface area contributed by atoms with Crippen LogP contribution in [0.1, 0.15) is 11.1 Å². The first-order valence-corrected chi connectivity index (χ1v) is 9.37. The van der Waals surface area contributed by atoms with Gasteiger partial charge in [0.05, 0.1) is 19.8 Å². The monoisotopic (exact) mass is 424 g/mol. The maximum atomic E-state index is 12.7. The van der Waals surface area contributed by atoms with Crippen LogP contribution in [-0.2, 0) is 17.5 Å². The van der Waals surface area contributed by atoms with Gasteiger partial charge in [-0.3, -0.25) is 0 Å². The Bertz CT molecular complexity index is 864. The summed E-state index contributed by atoms with van der Waals surface area (Å²) in [4.78, 5) is 15.9. The molecule has 0 bridgehead atoms. The Morgan fingerprint density at radius 3 is 2.20 bits per heavy atom. The van der Waals surface area contributed by atoms with E-state index in [0.29, 0.717) is 48.9 Å². The van der Waals surface area contributed by atoms with Crippen molar-refractivity contribution in [2.24, 2.45) is 0 Å². The molecule has 1 heterocycles. The predicted octanol–water partition coefficient (Wildman–Crippen LogP) is 4.18. The van der Waals surface area contributed by atoms with Crippen LogP contribution in [0.3, 0.4) is 0 Å². The van der Waals surface area contributed by atoms with E-state index in [2.05, 4.69) is 0 Å². The second kappa shape index (κ2) is 9.15. The summed E-state index contributed by atoms with van der Waals surface area (Å²) in [5.41, 5.74) is 0.701. The average molecular weight is 424 g/mol. The molecule has 0 N–H and O–H groups in total. The number of para-hydroxylation sites is 1. The summed E-state index contributed by atoms with van der Waals surface area (Å²) in [6.45, 7) is 1.87. The minimum atomic E-state index is -4.35. The van der Waals surface area contributed by atoms with Crippen molar-refractivity contribution < 1.29 is 32.2 Å². The van der Waals surface area contributed by atoms with E-state index in [4.69, 9.17) is 14.2 Å². The highest BCUT2D eigenvalue weighted by atomic mass is 19.4. The van der Waals surface area contributed by atoms with Gasteiger partial charge >= 0.3 is 12.3 Å². The summed E-state index contributed by atoms with van der Waals surface area (Å²) in [6, 6.07) is 10.4. The molecule has 1 fully saturated rings. The number of amides is 1. The van der Waals surface area contributed by atoms with E-state index in [1.807, 2.05) is 4.90 Å². The molecule has 1 saturated heterocycles. The number of alkyl halides is 3. The molecular weight excluding hydrogens is 401 g/mol. The molecular formula is C21H23F3N2O4. The number of carbonyl (C=O) groups excluding carboxylic acids is 1. The zero-order valence-corrected chi connectivity index (χ0v) is 16.7. The fraction of sp³-hybridized carbons (Fsp3) is 0.381. The van der Waals surface area contributed by atoms with Crippen LogP contribution >= 0.6 is 0 Å². The van der Waals surface area contributed by atoms with Crippen molar-refractivity contribution in [3.8, 4) is 11.5 Å². The van der Waals surface area contributed by atoms with E-state index in [1.165, 1.54) is 26.4 Å². The normalized spacial score (nSPS) is 14.4. The van der Waals surface area contributed by atoms with E-state index < -0.39 is 17.8 Å². The first kappa shape index (κ1) is 21.6. The van der Waals surface area contributed by atoms with Gasteiger partial charge in [-0.15, -0.1) is 0 Å². The van der Waals surface area contributed by atoms with Crippen LogP contribution in [0.5, 0.6) is 11.5 Å². The fourth-order valence-electron chi connectivity index (χ4n) is 3.31. The summed E-state index contributed by atoms with van der Waals surface area (Å²) >= 11 is 0. The van der Waals surface area contributed by atoms with Crippen LogP contribution in [0.25, 0.3) is 0 Å². The molecule has 30 heavy (non-hydrogen) atoms. The highest BCUT2D eigenvalue weighted by molar-refractivity contribution is 5.68. The summed E-state index contributed by atoms with van der Waals surface area (Å²) in [7, 11) is 3.05. The second-order valence-electron chi connectivity index (χ2n) is 6.73. The number of rotatable bonds is 5. The van der Waals surface area contributed by atoms with Crippen molar-refractivity contribution in [3.63, 3.8) is 0 Å². The van der Waals surface area contributed by atoms with Gasteiger partial charge in [-0.2, -0.15) is 13.2 Å². The van der Waals surface area contributed by atoms with E-state index in [1.54, 1.807) is 23.1 Å². The Hall–Kier alpha value is -3.10.